The third-order valence-corrected chi connectivity index (χ3v) is 11.0. The van der Waals surface area contributed by atoms with Crippen molar-refractivity contribution >= 4 is 38.5 Å². The number of ether oxygens (including phenoxy) is 1. The first kappa shape index (κ1) is 32.4. The second-order valence-electron chi connectivity index (χ2n) is 14.5. The van der Waals surface area contributed by atoms with Crippen LogP contribution in [0.2, 0.25) is 0 Å². The van der Waals surface area contributed by atoms with Crippen LogP contribution in [-0.2, 0) is 6.54 Å². The summed E-state index contributed by atoms with van der Waals surface area (Å²) in [5.74, 6) is 2.56. The molecule has 2 N–H and O–H groups in total. The molecule has 3 fully saturated rings. The molecule has 12 heteroatoms. The van der Waals surface area contributed by atoms with Crippen LogP contribution in [0.3, 0.4) is 0 Å². The summed E-state index contributed by atoms with van der Waals surface area (Å²) in [6.07, 6.45) is 12.7. The van der Waals surface area contributed by atoms with Crippen molar-refractivity contribution in [3.8, 4) is 35.4 Å². The number of nitrogens with one attached hydrogen (secondary N) is 1. The van der Waals surface area contributed by atoms with Crippen LogP contribution in [0, 0.1) is 31.0 Å². The number of pyridine rings is 1. The van der Waals surface area contributed by atoms with Crippen molar-refractivity contribution in [2.45, 2.75) is 57.3 Å². The molecule has 6 aromatic rings. The highest BCUT2D eigenvalue weighted by atomic mass is 19.1. The van der Waals surface area contributed by atoms with Gasteiger partial charge in [0.1, 0.15) is 41.1 Å². The van der Waals surface area contributed by atoms with Crippen LogP contribution >= 0.6 is 0 Å². The zero-order valence-electron chi connectivity index (χ0n) is 28.6. The van der Waals surface area contributed by atoms with Crippen LogP contribution < -0.4 is 15.3 Å². The number of hydrogen-bond donors (Lipinski definition) is 2. The smallest absolute Gasteiger partial charge is 0.349 e. The fourth-order valence-electron chi connectivity index (χ4n) is 8.35. The first-order chi connectivity index (χ1) is 25.2. The van der Waals surface area contributed by atoms with Crippen molar-refractivity contribution in [3.63, 3.8) is 0 Å². The van der Waals surface area contributed by atoms with E-state index in [0.717, 1.165) is 48.8 Å². The number of aryl methyl sites for hydroxylation is 1. The maximum Gasteiger partial charge on any atom is 0.349 e. The minimum absolute atomic E-state index is 0.0195. The predicted molar refractivity (Wildman–Crippen MR) is 194 cm³/mol. The maximum atomic E-state index is 15.1. The van der Waals surface area contributed by atoms with Crippen molar-refractivity contribution in [2.24, 2.45) is 5.92 Å². The van der Waals surface area contributed by atoms with Gasteiger partial charge in [0, 0.05) is 60.3 Å². The molecule has 2 atom stereocenters. The van der Waals surface area contributed by atoms with Crippen LogP contribution in [-0.4, -0.2) is 67.9 Å². The summed E-state index contributed by atoms with van der Waals surface area (Å²) in [6, 6.07) is 9.59. The van der Waals surface area contributed by atoms with Gasteiger partial charge in [-0.3, -0.25) is 4.90 Å². The number of anilines is 1. The summed E-state index contributed by atoms with van der Waals surface area (Å²) in [5.41, 5.74) is 1.56. The standard InChI is InChI=1S/C40H36F2N6O4/c1-3-28-31(42)10-9-24-14-27(49)15-30(32(24)28)35-22(2)34-33(38(50)52-35)37(46-39(45-34)51-21-40-11-5-13-48(40)20-26(41)16-40)47(18-23-7-8-23)19-25-17-44-36-29(25)6-4-12-43-36/h1,4,6,9-10,12,14-15,17,23,26,49H,5,7-8,11,13,16,18-21H2,2H3,(H,43,44)/t26-,40+/m1/s1. The summed E-state index contributed by atoms with van der Waals surface area (Å²) >= 11 is 0. The van der Waals surface area contributed by atoms with Gasteiger partial charge in [0.2, 0.25) is 0 Å². The van der Waals surface area contributed by atoms with Gasteiger partial charge >= 0.3 is 11.6 Å². The average molecular weight is 703 g/mol. The van der Waals surface area contributed by atoms with Crippen molar-refractivity contribution < 1.29 is 23.0 Å². The van der Waals surface area contributed by atoms with E-state index in [1.807, 2.05) is 18.3 Å². The minimum Gasteiger partial charge on any atom is -0.508 e. The van der Waals surface area contributed by atoms with Crippen LogP contribution in [0.5, 0.6) is 11.8 Å². The maximum absolute atomic E-state index is 15.1. The number of rotatable bonds is 9. The lowest BCUT2D eigenvalue weighted by molar-refractivity contribution is 0.107. The number of phenolic OH excluding ortho intramolecular Hbond substituents is 1. The van der Waals surface area contributed by atoms with Gasteiger partial charge < -0.3 is 24.1 Å². The highest BCUT2D eigenvalue weighted by molar-refractivity contribution is 6.03. The summed E-state index contributed by atoms with van der Waals surface area (Å²) in [5, 5.41) is 12.7. The molecule has 3 aliphatic rings. The highest BCUT2D eigenvalue weighted by Crippen LogP contribution is 2.42. The van der Waals surface area contributed by atoms with Gasteiger partial charge in [-0.1, -0.05) is 12.0 Å². The highest BCUT2D eigenvalue weighted by Gasteiger charge is 2.49. The number of nitrogens with zero attached hydrogens (tertiary/aromatic N) is 5. The summed E-state index contributed by atoms with van der Waals surface area (Å²) in [6.45, 7) is 4.18. The van der Waals surface area contributed by atoms with E-state index in [-0.39, 0.29) is 40.6 Å². The lowest BCUT2D eigenvalue weighted by Gasteiger charge is -2.31. The molecule has 264 valence electrons. The van der Waals surface area contributed by atoms with Gasteiger partial charge in [-0.05, 0) is 86.4 Å². The minimum atomic E-state index is -0.930. The molecule has 9 rings (SSSR count). The van der Waals surface area contributed by atoms with Crippen LogP contribution in [0.25, 0.3) is 44.0 Å². The largest absolute Gasteiger partial charge is 0.508 e. The van der Waals surface area contributed by atoms with Gasteiger partial charge in [-0.2, -0.15) is 9.97 Å². The molecule has 0 bridgehead atoms. The number of fused-ring (bicyclic) bond motifs is 4. The molecule has 6 heterocycles. The monoisotopic (exact) mass is 702 g/mol. The molecule has 52 heavy (non-hydrogen) atoms. The Kier molecular flexibility index (Phi) is 7.66. The number of alkyl halides is 1. The summed E-state index contributed by atoms with van der Waals surface area (Å²) in [4.78, 5) is 36.0. The second-order valence-corrected chi connectivity index (χ2v) is 14.5. The number of H-pyrrole nitrogens is 1. The quantitative estimate of drug-likeness (QED) is 0.157. The van der Waals surface area contributed by atoms with Crippen LogP contribution in [0.15, 0.2) is 58.0 Å². The predicted octanol–water partition coefficient (Wildman–Crippen LogP) is 6.79. The van der Waals surface area contributed by atoms with Gasteiger partial charge in [-0.25, -0.2) is 18.6 Å². The first-order valence-corrected chi connectivity index (χ1v) is 17.7. The van der Waals surface area contributed by atoms with Gasteiger partial charge in [0.25, 0.3) is 0 Å². The molecule has 1 aliphatic carbocycles. The fourth-order valence-corrected chi connectivity index (χ4v) is 8.35. The zero-order chi connectivity index (χ0) is 35.7. The normalized spacial score (nSPS) is 20.2. The van der Waals surface area contributed by atoms with E-state index in [9.17, 15) is 14.3 Å². The Labute approximate surface area is 297 Å². The van der Waals surface area contributed by atoms with E-state index >= 15 is 4.39 Å². The molecular formula is C40H36F2N6O4. The van der Waals surface area contributed by atoms with Crippen molar-refractivity contribution in [2.75, 3.05) is 31.1 Å². The van der Waals surface area contributed by atoms with E-state index in [2.05, 4.69) is 25.7 Å². The lowest BCUT2D eigenvalue weighted by Crippen LogP contribution is -2.43. The number of halogens is 2. The van der Waals surface area contributed by atoms with Gasteiger partial charge in [-0.15, -0.1) is 6.42 Å². The number of aromatic amines is 1. The number of aromatic nitrogens is 4. The number of hydrogen-bond acceptors (Lipinski definition) is 9. The SMILES string of the molecule is C#Cc1c(F)ccc2cc(O)cc(-c3oc(=O)c4c(N(Cc5c[nH]c6ncccc56)CC5CC5)nc(OC[C@@]56CCCN5C[C@H](F)C6)nc4c3C)c12. The number of aromatic hydroxyl groups is 1. The van der Waals surface area contributed by atoms with Crippen molar-refractivity contribution in [1.29, 1.82) is 0 Å². The molecule has 0 amide bonds. The Bertz CT molecular complexity index is 2510. The molecule has 0 radical (unpaired) electrons. The molecule has 10 nitrogen and oxygen atoms in total. The molecule has 0 spiro atoms. The van der Waals surface area contributed by atoms with E-state index < -0.39 is 23.2 Å². The number of terminal acetylenes is 1. The molecule has 2 aromatic carbocycles. The molecule has 4 aromatic heterocycles. The number of phenols is 1. The Morgan fingerprint density at radius 2 is 2.10 bits per heavy atom. The molecule has 2 saturated heterocycles. The molecule has 0 unspecified atom stereocenters. The third-order valence-electron chi connectivity index (χ3n) is 11.0. The summed E-state index contributed by atoms with van der Waals surface area (Å²) < 4.78 is 42.3. The second kappa shape index (κ2) is 12.3. The Morgan fingerprint density at radius 1 is 1.23 bits per heavy atom. The van der Waals surface area contributed by atoms with Crippen molar-refractivity contribution in [1.82, 2.24) is 24.8 Å². The third kappa shape index (κ3) is 5.42. The van der Waals surface area contributed by atoms with Gasteiger partial charge in [0.15, 0.2) is 5.82 Å². The summed E-state index contributed by atoms with van der Waals surface area (Å²) in [7, 11) is 0. The average Bonchev–Trinajstić information content (AvgIpc) is 3.61. The van der Waals surface area contributed by atoms with E-state index in [4.69, 9.17) is 25.5 Å². The Morgan fingerprint density at radius 3 is 2.92 bits per heavy atom. The fraction of sp³-hybridized carbons (Fsp3) is 0.350. The molecule has 2 aliphatic heterocycles. The number of benzene rings is 2. The molecular weight excluding hydrogens is 666 g/mol. The lowest BCUT2D eigenvalue weighted by atomic mass is 9.95. The van der Waals surface area contributed by atoms with Gasteiger partial charge in [0.05, 0.1) is 16.6 Å². The molecule has 1 saturated carbocycles. The van der Waals surface area contributed by atoms with E-state index in [0.29, 0.717) is 59.6 Å². The van der Waals surface area contributed by atoms with E-state index in [1.54, 1.807) is 13.1 Å². The van der Waals surface area contributed by atoms with Crippen LogP contribution in [0.1, 0.15) is 48.8 Å². The van der Waals surface area contributed by atoms with Crippen LogP contribution in [0.4, 0.5) is 14.6 Å². The van der Waals surface area contributed by atoms with Crippen molar-refractivity contribution in [3.05, 3.63) is 81.7 Å². The Hall–Kier alpha value is -5.54. The Balaban J connectivity index is 1.24. The topological polar surface area (TPSA) is 121 Å². The van der Waals surface area contributed by atoms with E-state index in [1.165, 1.54) is 24.3 Å². The first-order valence-electron chi connectivity index (χ1n) is 17.7. The zero-order valence-corrected chi connectivity index (χ0v) is 28.6.